The van der Waals surface area contributed by atoms with E-state index in [-0.39, 0.29) is 41.7 Å². The third kappa shape index (κ3) is 5.40. The average molecular weight is 479 g/mol. The van der Waals surface area contributed by atoms with Crippen molar-refractivity contribution in [2.45, 2.75) is 44.6 Å². The highest BCUT2D eigenvalue weighted by atomic mass is 16.5. The zero-order chi connectivity index (χ0) is 24.9. The number of ketones is 2. The Morgan fingerprint density at radius 3 is 2.14 bits per heavy atom. The highest BCUT2D eigenvalue weighted by Gasteiger charge is 2.44. The lowest BCUT2D eigenvalue weighted by atomic mass is 9.92. The van der Waals surface area contributed by atoms with Crippen LogP contribution >= 0.6 is 0 Å². The van der Waals surface area contributed by atoms with Crippen LogP contribution in [0.2, 0.25) is 0 Å². The quantitative estimate of drug-likeness (QED) is 0.312. The largest absolute Gasteiger partial charge is 0.494 e. The van der Waals surface area contributed by atoms with Crippen molar-refractivity contribution in [3.63, 3.8) is 0 Å². The molecule has 9 nitrogen and oxygen atoms in total. The van der Waals surface area contributed by atoms with Crippen LogP contribution in [0, 0.1) is 0 Å². The van der Waals surface area contributed by atoms with E-state index < -0.39 is 29.6 Å². The molecule has 1 saturated carbocycles. The standard InChI is InChI=1S/C26H25NO8/c28-17-6-11-22(23(29)14-17)27-24(30)20-10-9-19(15-21(20)25(27)31)35-13-3-1-2-12-34-18-7-4-16(5-8-18)26(32)33/h4-5,7-10,15,22H,1-3,6,11-14H2,(H,32,33). The van der Waals surface area contributed by atoms with E-state index in [1.165, 1.54) is 24.3 Å². The first-order valence-corrected chi connectivity index (χ1v) is 11.5. The van der Waals surface area contributed by atoms with Crippen LogP contribution in [0.5, 0.6) is 11.5 Å². The van der Waals surface area contributed by atoms with Gasteiger partial charge in [0.1, 0.15) is 17.3 Å². The summed E-state index contributed by atoms with van der Waals surface area (Å²) in [7, 11) is 0. The minimum Gasteiger partial charge on any atom is -0.494 e. The molecular weight excluding hydrogens is 454 g/mol. The number of hydrogen-bond acceptors (Lipinski definition) is 7. The molecule has 1 aliphatic carbocycles. The molecular formula is C26H25NO8. The molecule has 0 aromatic heterocycles. The summed E-state index contributed by atoms with van der Waals surface area (Å²) in [6, 6.07) is 10.0. The molecule has 0 spiro atoms. The first-order chi connectivity index (χ1) is 16.8. The van der Waals surface area contributed by atoms with Gasteiger partial charge in [-0.2, -0.15) is 0 Å². The van der Waals surface area contributed by atoms with Crippen molar-refractivity contribution in [2.75, 3.05) is 13.2 Å². The second-order valence-electron chi connectivity index (χ2n) is 8.51. The van der Waals surface area contributed by atoms with Gasteiger partial charge < -0.3 is 14.6 Å². The summed E-state index contributed by atoms with van der Waals surface area (Å²) in [5.74, 6) is -1.51. The van der Waals surface area contributed by atoms with Crippen molar-refractivity contribution in [3.05, 3.63) is 59.2 Å². The maximum atomic E-state index is 12.9. The maximum absolute atomic E-state index is 12.9. The lowest BCUT2D eigenvalue weighted by Crippen LogP contribution is -2.47. The lowest BCUT2D eigenvalue weighted by molar-refractivity contribution is -0.132. The molecule has 35 heavy (non-hydrogen) atoms. The van der Waals surface area contributed by atoms with Gasteiger partial charge >= 0.3 is 5.97 Å². The number of fused-ring (bicyclic) bond motifs is 1. The number of nitrogens with zero attached hydrogens (tertiary/aromatic N) is 1. The van der Waals surface area contributed by atoms with Crippen LogP contribution in [0.4, 0.5) is 0 Å². The van der Waals surface area contributed by atoms with Gasteiger partial charge in [0.25, 0.3) is 11.8 Å². The highest BCUT2D eigenvalue weighted by molar-refractivity contribution is 6.23. The second kappa shape index (κ2) is 10.5. The van der Waals surface area contributed by atoms with Crippen molar-refractivity contribution >= 4 is 29.4 Å². The summed E-state index contributed by atoms with van der Waals surface area (Å²) >= 11 is 0. The monoisotopic (exact) mass is 479 g/mol. The summed E-state index contributed by atoms with van der Waals surface area (Å²) in [6.07, 6.45) is 2.49. The number of hydrogen-bond donors (Lipinski definition) is 1. The SMILES string of the molecule is O=C1CCC(N2C(=O)c3ccc(OCCCCCOc4ccc(C(=O)O)cc4)cc3C2=O)C(=O)C1. The van der Waals surface area contributed by atoms with E-state index in [1.807, 2.05) is 0 Å². The van der Waals surface area contributed by atoms with E-state index in [4.69, 9.17) is 14.6 Å². The van der Waals surface area contributed by atoms with Gasteiger partial charge in [0.2, 0.25) is 0 Å². The Kier molecular flexibility index (Phi) is 7.24. The molecule has 0 bridgehead atoms. The van der Waals surface area contributed by atoms with Gasteiger partial charge in [-0.05, 0) is 68.1 Å². The summed E-state index contributed by atoms with van der Waals surface area (Å²) in [6.45, 7) is 0.907. The summed E-state index contributed by atoms with van der Waals surface area (Å²) < 4.78 is 11.3. The number of Topliss-reactive ketones (excluding diaryl/α,β-unsaturated/α-hetero) is 2. The van der Waals surface area contributed by atoms with Crippen LogP contribution < -0.4 is 9.47 Å². The lowest BCUT2D eigenvalue weighted by Gasteiger charge is -2.27. The van der Waals surface area contributed by atoms with Gasteiger partial charge in [-0.3, -0.25) is 24.1 Å². The van der Waals surface area contributed by atoms with Crippen LogP contribution in [0.15, 0.2) is 42.5 Å². The smallest absolute Gasteiger partial charge is 0.335 e. The van der Waals surface area contributed by atoms with Crippen LogP contribution in [0.3, 0.4) is 0 Å². The van der Waals surface area contributed by atoms with Gasteiger partial charge in [0, 0.05) is 6.42 Å². The van der Waals surface area contributed by atoms with Gasteiger partial charge in [-0.15, -0.1) is 0 Å². The molecule has 1 heterocycles. The number of unbranched alkanes of at least 4 members (excludes halogenated alkanes) is 2. The van der Waals surface area contributed by atoms with Crippen molar-refractivity contribution in [3.8, 4) is 11.5 Å². The van der Waals surface area contributed by atoms with Crippen LogP contribution in [0.25, 0.3) is 0 Å². The number of benzene rings is 2. The molecule has 2 aromatic rings. The van der Waals surface area contributed by atoms with E-state index >= 15 is 0 Å². The van der Waals surface area contributed by atoms with Crippen LogP contribution in [-0.4, -0.2) is 58.6 Å². The molecule has 182 valence electrons. The van der Waals surface area contributed by atoms with Crippen molar-refractivity contribution in [2.24, 2.45) is 0 Å². The van der Waals surface area contributed by atoms with Crippen LogP contribution in [0.1, 0.15) is 69.6 Å². The number of carboxylic acids is 1. The summed E-state index contributed by atoms with van der Waals surface area (Å²) in [5, 5.41) is 8.90. The van der Waals surface area contributed by atoms with Crippen molar-refractivity contribution in [1.29, 1.82) is 0 Å². The molecule has 0 radical (unpaired) electrons. The van der Waals surface area contributed by atoms with E-state index in [9.17, 15) is 24.0 Å². The minimum atomic E-state index is -0.981. The van der Waals surface area contributed by atoms with Gasteiger partial charge in [0.15, 0.2) is 5.78 Å². The molecule has 1 N–H and O–H groups in total. The Bertz CT molecular complexity index is 1170. The molecule has 4 rings (SSSR count). The Morgan fingerprint density at radius 1 is 0.857 bits per heavy atom. The normalized spacial score (nSPS) is 17.5. The summed E-state index contributed by atoms with van der Waals surface area (Å²) in [5.41, 5.74) is 0.652. The molecule has 2 aliphatic rings. The average Bonchev–Trinajstić information content (AvgIpc) is 3.08. The number of rotatable bonds is 10. The van der Waals surface area contributed by atoms with Gasteiger partial charge in [-0.25, -0.2) is 4.79 Å². The van der Waals surface area contributed by atoms with E-state index in [1.54, 1.807) is 18.2 Å². The zero-order valence-electron chi connectivity index (χ0n) is 19.0. The van der Waals surface area contributed by atoms with Gasteiger partial charge in [-0.1, -0.05) is 0 Å². The molecule has 1 fully saturated rings. The fraction of sp³-hybridized carbons (Fsp3) is 0.346. The minimum absolute atomic E-state index is 0.167. The molecule has 1 atom stereocenters. The molecule has 0 saturated heterocycles. The highest BCUT2D eigenvalue weighted by Crippen LogP contribution is 2.31. The first kappa shape index (κ1) is 24.1. The number of imide groups is 1. The molecule has 1 aliphatic heterocycles. The number of carbonyl (C=O) groups excluding carboxylic acids is 4. The Hall–Kier alpha value is -4.01. The molecule has 1 unspecified atom stereocenters. The predicted molar refractivity (Wildman–Crippen MR) is 123 cm³/mol. The zero-order valence-corrected chi connectivity index (χ0v) is 19.0. The van der Waals surface area contributed by atoms with E-state index in [0.717, 1.165) is 24.2 Å². The second-order valence-corrected chi connectivity index (χ2v) is 8.51. The topological polar surface area (TPSA) is 127 Å². The number of carbonyl (C=O) groups is 5. The first-order valence-electron chi connectivity index (χ1n) is 11.5. The number of carboxylic acid groups (broad SMARTS) is 1. The number of amides is 2. The van der Waals surface area contributed by atoms with E-state index in [0.29, 0.717) is 24.7 Å². The predicted octanol–water partition coefficient (Wildman–Crippen LogP) is 3.30. The fourth-order valence-electron chi connectivity index (χ4n) is 4.20. The van der Waals surface area contributed by atoms with Crippen LogP contribution in [-0.2, 0) is 9.59 Å². The molecule has 2 amide bonds. The Balaban J connectivity index is 1.22. The van der Waals surface area contributed by atoms with Crippen molar-refractivity contribution < 1.29 is 38.6 Å². The number of aromatic carboxylic acids is 1. The Labute approximate surface area is 201 Å². The maximum Gasteiger partial charge on any atom is 0.335 e. The molecule has 2 aromatic carbocycles. The molecule has 9 heteroatoms. The Morgan fingerprint density at radius 2 is 1.49 bits per heavy atom. The van der Waals surface area contributed by atoms with Crippen molar-refractivity contribution in [1.82, 2.24) is 4.90 Å². The third-order valence-corrected chi connectivity index (χ3v) is 6.07. The third-order valence-electron chi connectivity index (χ3n) is 6.07. The van der Waals surface area contributed by atoms with Gasteiger partial charge in [0.05, 0.1) is 42.4 Å². The summed E-state index contributed by atoms with van der Waals surface area (Å²) in [4.78, 5) is 61.2. The number of ether oxygens (including phenoxy) is 2. The fourth-order valence-corrected chi connectivity index (χ4v) is 4.20. The van der Waals surface area contributed by atoms with E-state index in [2.05, 4.69) is 0 Å².